The van der Waals surface area contributed by atoms with Crippen molar-refractivity contribution in [1.29, 1.82) is 0 Å². The minimum atomic E-state index is -0.468. The van der Waals surface area contributed by atoms with Crippen LogP contribution in [0.3, 0.4) is 0 Å². The largest absolute Gasteiger partial charge is 0.495 e. The smallest absolute Gasteiger partial charge is 0.271 e. The molecule has 2 aromatic rings. The highest BCUT2D eigenvalue weighted by Gasteiger charge is 2.12. The Kier molecular flexibility index (Phi) is 5.48. The molecule has 6 nitrogen and oxygen atoms in total. The van der Waals surface area contributed by atoms with Crippen molar-refractivity contribution in [2.45, 2.75) is 13.3 Å². The molecule has 0 saturated carbocycles. The fraction of sp³-hybridized carbons (Fsp3) is 0.188. The number of methoxy groups -OCH3 is 1. The fourth-order valence-corrected chi connectivity index (χ4v) is 2.24. The lowest BCUT2D eigenvalue weighted by atomic mass is 10.1. The first-order valence-corrected chi connectivity index (χ1v) is 7.43. The van der Waals surface area contributed by atoms with Gasteiger partial charge in [-0.2, -0.15) is 0 Å². The molecule has 2 aromatic carbocycles. The molecule has 0 aromatic heterocycles. The van der Waals surface area contributed by atoms with Crippen molar-refractivity contribution in [3.8, 4) is 5.75 Å². The van der Waals surface area contributed by atoms with Gasteiger partial charge in [0.1, 0.15) is 5.75 Å². The van der Waals surface area contributed by atoms with E-state index in [0.29, 0.717) is 16.5 Å². The Hall–Kier alpha value is -2.67. The molecule has 0 fully saturated rings. The lowest BCUT2D eigenvalue weighted by Crippen LogP contribution is -2.19. The predicted octanol–water partition coefficient (Wildman–Crippen LogP) is 3.97. The molecule has 120 valence electrons. The van der Waals surface area contributed by atoms with E-state index in [4.69, 9.17) is 17.0 Å². The summed E-state index contributed by atoms with van der Waals surface area (Å²) in [5.74, 6) is 0.473. The summed E-state index contributed by atoms with van der Waals surface area (Å²) in [6, 6.07) is 12.2. The normalized spacial score (nSPS) is 10.0. The Labute approximate surface area is 139 Å². The second-order valence-corrected chi connectivity index (χ2v) is 5.18. The first-order chi connectivity index (χ1) is 11.0. The summed E-state index contributed by atoms with van der Waals surface area (Å²) in [6.07, 6.45) is 0.966. The number of nitro groups is 1. The lowest BCUT2D eigenvalue weighted by molar-refractivity contribution is -0.384. The molecule has 2 N–H and O–H groups in total. The van der Waals surface area contributed by atoms with Crippen LogP contribution in [0.2, 0.25) is 0 Å². The van der Waals surface area contributed by atoms with Crippen molar-refractivity contribution in [3.63, 3.8) is 0 Å². The molecular formula is C16H17N3O3S. The van der Waals surface area contributed by atoms with Crippen LogP contribution in [0, 0.1) is 10.1 Å². The number of hydrogen-bond donors (Lipinski definition) is 2. The first kappa shape index (κ1) is 16.7. The molecule has 0 bridgehead atoms. The zero-order chi connectivity index (χ0) is 16.8. The third-order valence-electron chi connectivity index (χ3n) is 3.26. The Balaban J connectivity index is 2.12. The van der Waals surface area contributed by atoms with Crippen molar-refractivity contribution in [1.82, 2.24) is 0 Å². The van der Waals surface area contributed by atoms with Crippen LogP contribution >= 0.6 is 12.2 Å². The number of anilines is 2. The molecule has 0 aliphatic rings. The van der Waals surface area contributed by atoms with Crippen LogP contribution in [0.4, 0.5) is 17.1 Å². The van der Waals surface area contributed by atoms with E-state index < -0.39 is 4.92 Å². The lowest BCUT2D eigenvalue weighted by Gasteiger charge is -2.13. The van der Waals surface area contributed by atoms with Crippen LogP contribution in [0.25, 0.3) is 0 Å². The molecule has 0 radical (unpaired) electrons. The number of thiocarbonyl (C=S) groups is 1. The maximum Gasteiger partial charge on any atom is 0.271 e. The summed E-state index contributed by atoms with van der Waals surface area (Å²) in [7, 11) is 1.49. The number of non-ortho nitro benzene ring substituents is 1. The quantitative estimate of drug-likeness (QED) is 0.490. The van der Waals surface area contributed by atoms with E-state index in [0.717, 1.165) is 12.1 Å². The van der Waals surface area contributed by atoms with Crippen LogP contribution in [0.15, 0.2) is 42.5 Å². The molecule has 0 amide bonds. The third-order valence-corrected chi connectivity index (χ3v) is 3.47. The van der Waals surface area contributed by atoms with Crippen LogP contribution in [0.5, 0.6) is 5.75 Å². The van der Waals surface area contributed by atoms with Gasteiger partial charge in [0.15, 0.2) is 5.11 Å². The van der Waals surface area contributed by atoms with Gasteiger partial charge in [0.25, 0.3) is 5.69 Å². The van der Waals surface area contributed by atoms with Gasteiger partial charge >= 0.3 is 0 Å². The van der Waals surface area contributed by atoms with Crippen molar-refractivity contribution in [2.75, 3.05) is 17.7 Å². The molecule has 23 heavy (non-hydrogen) atoms. The molecule has 7 heteroatoms. The molecule has 0 unspecified atom stereocenters. The van der Waals surface area contributed by atoms with Gasteiger partial charge in [-0.3, -0.25) is 10.1 Å². The van der Waals surface area contributed by atoms with E-state index >= 15 is 0 Å². The van der Waals surface area contributed by atoms with Crippen molar-refractivity contribution < 1.29 is 9.66 Å². The standard InChI is InChI=1S/C16H17N3O3S/c1-3-11-4-6-12(7-5-11)17-16(23)18-14-10-13(19(20)21)8-9-15(14)22-2/h4-10H,3H2,1-2H3,(H2,17,18,23). The fourth-order valence-electron chi connectivity index (χ4n) is 2.02. The molecule has 0 aliphatic carbocycles. The second kappa shape index (κ2) is 7.55. The number of nitrogens with one attached hydrogen (secondary N) is 2. The monoisotopic (exact) mass is 331 g/mol. The topological polar surface area (TPSA) is 76.4 Å². The van der Waals surface area contributed by atoms with Gasteiger partial charge in [0, 0.05) is 17.8 Å². The van der Waals surface area contributed by atoms with Crippen molar-refractivity contribution in [2.24, 2.45) is 0 Å². The molecule has 0 heterocycles. The SMILES string of the molecule is CCc1ccc(NC(=S)Nc2cc([N+](=O)[O-])ccc2OC)cc1. The number of rotatable bonds is 5. The minimum Gasteiger partial charge on any atom is -0.495 e. The number of benzene rings is 2. The highest BCUT2D eigenvalue weighted by molar-refractivity contribution is 7.80. The molecule has 2 rings (SSSR count). The average Bonchev–Trinajstić information content (AvgIpc) is 2.55. The number of aryl methyl sites for hydroxylation is 1. The highest BCUT2D eigenvalue weighted by Crippen LogP contribution is 2.29. The summed E-state index contributed by atoms with van der Waals surface area (Å²) < 4.78 is 5.19. The van der Waals surface area contributed by atoms with Gasteiger partial charge in [0.05, 0.1) is 17.7 Å². The Bertz CT molecular complexity index is 717. The summed E-state index contributed by atoms with van der Waals surface area (Å²) in [6.45, 7) is 2.09. The van der Waals surface area contributed by atoms with Crippen molar-refractivity contribution >= 4 is 34.4 Å². The number of hydrogen-bond acceptors (Lipinski definition) is 4. The summed E-state index contributed by atoms with van der Waals surface area (Å²) in [5, 5.41) is 17.2. The summed E-state index contributed by atoms with van der Waals surface area (Å²) in [5.41, 5.74) is 2.46. The zero-order valence-electron chi connectivity index (χ0n) is 12.8. The number of ether oxygens (including phenoxy) is 1. The summed E-state index contributed by atoms with van der Waals surface area (Å²) >= 11 is 5.25. The van der Waals surface area contributed by atoms with Gasteiger partial charge in [-0.05, 0) is 42.4 Å². The number of nitro benzene ring substituents is 1. The van der Waals surface area contributed by atoms with E-state index in [2.05, 4.69) is 17.6 Å². The van der Waals surface area contributed by atoms with Crippen LogP contribution in [0.1, 0.15) is 12.5 Å². The summed E-state index contributed by atoms with van der Waals surface area (Å²) in [4.78, 5) is 10.4. The third kappa shape index (κ3) is 4.40. The second-order valence-electron chi connectivity index (χ2n) is 4.77. The average molecular weight is 331 g/mol. The first-order valence-electron chi connectivity index (χ1n) is 7.03. The van der Waals surface area contributed by atoms with Gasteiger partial charge in [0.2, 0.25) is 0 Å². The Morgan fingerprint density at radius 3 is 2.48 bits per heavy atom. The van der Waals surface area contributed by atoms with E-state index in [1.54, 1.807) is 0 Å². The van der Waals surface area contributed by atoms with Gasteiger partial charge in [-0.15, -0.1) is 0 Å². The molecule has 0 aliphatic heterocycles. The molecule has 0 saturated heterocycles. The minimum absolute atomic E-state index is 0.0385. The van der Waals surface area contributed by atoms with E-state index in [1.165, 1.54) is 30.9 Å². The number of nitrogens with zero attached hydrogens (tertiary/aromatic N) is 1. The van der Waals surface area contributed by atoms with Gasteiger partial charge < -0.3 is 15.4 Å². The molecule has 0 spiro atoms. The van der Waals surface area contributed by atoms with Gasteiger partial charge in [-0.1, -0.05) is 19.1 Å². The predicted molar refractivity (Wildman–Crippen MR) is 95.3 cm³/mol. The zero-order valence-corrected chi connectivity index (χ0v) is 13.6. The van der Waals surface area contributed by atoms with Crippen LogP contribution < -0.4 is 15.4 Å². The van der Waals surface area contributed by atoms with E-state index in [1.807, 2.05) is 24.3 Å². The van der Waals surface area contributed by atoms with E-state index in [9.17, 15) is 10.1 Å². The maximum atomic E-state index is 10.9. The van der Waals surface area contributed by atoms with Gasteiger partial charge in [-0.25, -0.2) is 0 Å². The van der Waals surface area contributed by atoms with Crippen LogP contribution in [-0.4, -0.2) is 17.1 Å². The maximum absolute atomic E-state index is 10.9. The Morgan fingerprint density at radius 2 is 1.91 bits per heavy atom. The van der Waals surface area contributed by atoms with Crippen molar-refractivity contribution in [3.05, 3.63) is 58.1 Å². The molecular weight excluding hydrogens is 314 g/mol. The van der Waals surface area contributed by atoms with E-state index in [-0.39, 0.29) is 5.69 Å². The van der Waals surface area contributed by atoms with Crippen LogP contribution in [-0.2, 0) is 6.42 Å². The highest BCUT2D eigenvalue weighted by atomic mass is 32.1. The molecule has 0 atom stereocenters. The Morgan fingerprint density at radius 1 is 1.22 bits per heavy atom.